The lowest BCUT2D eigenvalue weighted by molar-refractivity contribution is -0.140. The van der Waals surface area contributed by atoms with E-state index in [1.807, 2.05) is 31.2 Å². The number of carbonyl (C=O) groups excluding carboxylic acids is 3. The molecule has 0 radical (unpaired) electrons. The van der Waals surface area contributed by atoms with Crippen LogP contribution in [0.15, 0.2) is 53.4 Å². The highest BCUT2D eigenvalue weighted by molar-refractivity contribution is 7.90. The third kappa shape index (κ3) is 3.80. The van der Waals surface area contributed by atoms with Crippen LogP contribution in [0.2, 0.25) is 0 Å². The maximum absolute atomic E-state index is 13.1. The largest absolute Gasteiger partial charge is 0.357 e. The lowest BCUT2D eigenvalue weighted by Gasteiger charge is -2.30. The number of nitrogens with zero attached hydrogens (tertiary/aromatic N) is 2. The van der Waals surface area contributed by atoms with Crippen molar-refractivity contribution < 1.29 is 22.8 Å². The molecule has 0 aliphatic carbocycles. The first-order chi connectivity index (χ1) is 14.2. The number of fused-ring (bicyclic) bond motifs is 1. The van der Waals surface area contributed by atoms with Crippen molar-refractivity contribution >= 4 is 27.7 Å². The number of benzene rings is 2. The third-order valence-corrected chi connectivity index (χ3v) is 6.99. The molecular weight excluding hydrogens is 406 g/mol. The van der Waals surface area contributed by atoms with Crippen LogP contribution in [0.5, 0.6) is 0 Å². The second-order valence-corrected chi connectivity index (χ2v) is 8.88. The summed E-state index contributed by atoms with van der Waals surface area (Å²) in [5.41, 5.74) is 1.78. The summed E-state index contributed by atoms with van der Waals surface area (Å²) < 4.78 is 26.1. The summed E-state index contributed by atoms with van der Waals surface area (Å²) in [6.07, 6.45) is 0. The highest BCUT2D eigenvalue weighted by Crippen LogP contribution is 2.30. The molecule has 0 saturated heterocycles. The Labute approximate surface area is 175 Å². The Bertz CT molecular complexity index is 1110. The van der Waals surface area contributed by atoms with E-state index >= 15 is 0 Å². The van der Waals surface area contributed by atoms with E-state index in [1.165, 1.54) is 30.1 Å². The molecule has 9 heteroatoms. The van der Waals surface area contributed by atoms with Crippen molar-refractivity contribution in [1.82, 2.24) is 14.5 Å². The molecule has 1 N–H and O–H groups in total. The maximum Gasteiger partial charge on any atom is 0.269 e. The number of rotatable bonds is 6. The Balaban J connectivity index is 1.91. The molecule has 158 valence electrons. The summed E-state index contributed by atoms with van der Waals surface area (Å²) in [7, 11) is -2.66. The van der Waals surface area contributed by atoms with E-state index in [2.05, 4.69) is 5.32 Å². The van der Waals surface area contributed by atoms with Gasteiger partial charge in [0.15, 0.2) is 0 Å². The zero-order valence-corrected chi connectivity index (χ0v) is 17.8. The maximum atomic E-state index is 13.1. The van der Waals surface area contributed by atoms with Gasteiger partial charge < -0.3 is 10.2 Å². The molecule has 0 bridgehead atoms. The molecule has 3 amide bonds. The van der Waals surface area contributed by atoms with Gasteiger partial charge in [0.2, 0.25) is 11.8 Å². The minimum absolute atomic E-state index is 0.0371. The molecule has 0 spiro atoms. The molecule has 2 aromatic rings. The molecule has 30 heavy (non-hydrogen) atoms. The quantitative estimate of drug-likeness (QED) is 0.746. The fourth-order valence-electron chi connectivity index (χ4n) is 3.36. The van der Waals surface area contributed by atoms with Gasteiger partial charge >= 0.3 is 0 Å². The fourth-order valence-corrected chi connectivity index (χ4v) is 4.88. The van der Waals surface area contributed by atoms with Crippen molar-refractivity contribution in [2.75, 3.05) is 13.6 Å². The summed E-state index contributed by atoms with van der Waals surface area (Å²) in [5.74, 6) is -1.78. The third-order valence-electron chi connectivity index (χ3n) is 5.21. The van der Waals surface area contributed by atoms with Crippen LogP contribution in [-0.2, 0) is 26.2 Å². The molecule has 1 heterocycles. The first-order valence-corrected chi connectivity index (χ1v) is 10.8. The van der Waals surface area contributed by atoms with Gasteiger partial charge in [-0.15, -0.1) is 0 Å². The number of hydrogen-bond donors (Lipinski definition) is 1. The number of aryl methyl sites for hydroxylation is 1. The first kappa shape index (κ1) is 21.5. The SMILES string of the molecule is CNC(=O)[C@@H](C)N(Cc1ccccc1C)C(=O)CN1C(=O)c2ccccc2S1(=O)=O. The van der Waals surface area contributed by atoms with E-state index in [9.17, 15) is 22.8 Å². The molecule has 1 atom stereocenters. The smallest absolute Gasteiger partial charge is 0.269 e. The highest BCUT2D eigenvalue weighted by Gasteiger charge is 2.43. The lowest BCUT2D eigenvalue weighted by Crippen LogP contribution is -2.50. The van der Waals surface area contributed by atoms with Crippen LogP contribution in [0.4, 0.5) is 0 Å². The van der Waals surface area contributed by atoms with Gasteiger partial charge in [0.05, 0.1) is 5.56 Å². The van der Waals surface area contributed by atoms with Gasteiger partial charge in [-0.1, -0.05) is 36.4 Å². The summed E-state index contributed by atoms with van der Waals surface area (Å²) >= 11 is 0. The van der Waals surface area contributed by atoms with Crippen LogP contribution >= 0.6 is 0 Å². The van der Waals surface area contributed by atoms with E-state index < -0.39 is 40.3 Å². The predicted molar refractivity (Wildman–Crippen MR) is 110 cm³/mol. The Morgan fingerprint density at radius 1 is 1.10 bits per heavy atom. The van der Waals surface area contributed by atoms with Gasteiger partial charge in [0, 0.05) is 13.6 Å². The first-order valence-electron chi connectivity index (χ1n) is 9.40. The zero-order chi connectivity index (χ0) is 22.1. The molecule has 1 aliphatic heterocycles. The minimum Gasteiger partial charge on any atom is -0.357 e. The summed E-state index contributed by atoms with van der Waals surface area (Å²) in [5, 5.41) is 2.50. The Hall–Kier alpha value is -3.20. The number of nitrogens with one attached hydrogen (secondary N) is 1. The summed E-state index contributed by atoms with van der Waals surface area (Å²) in [4.78, 5) is 39.2. The second-order valence-electron chi connectivity index (χ2n) is 7.05. The Kier molecular flexibility index (Phi) is 5.93. The van der Waals surface area contributed by atoms with Crippen LogP contribution < -0.4 is 5.32 Å². The molecule has 2 aromatic carbocycles. The molecule has 0 unspecified atom stereocenters. The number of amides is 3. The van der Waals surface area contributed by atoms with Gasteiger partial charge in [0.25, 0.3) is 15.9 Å². The predicted octanol–water partition coefficient (Wildman–Crippen LogP) is 1.30. The van der Waals surface area contributed by atoms with Crippen molar-refractivity contribution in [1.29, 1.82) is 0 Å². The molecule has 8 nitrogen and oxygen atoms in total. The van der Waals surface area contributed by atoms with Crippen molar-refractivity contribution in [2.45, 2.75) is 31.3 Å². The number of sulfonamides is 1. The van der Waals surface area contributed by atoms with Gasteiger partial charge in [-0.25, -0.2) is 12.7 Å². The minimum atomic E-state index is -4.12. The van der Waals surface area contributed by atoms with E-state index in [0.717, 1.165) is 11.1 Å². The molecule has 0 aromatic heterocycles. The fraction of sp³-hybridized carbons (Fsp3) is 0.286. The van der Waals surface area contributed by atoms with Crippen LogP contribution in [-0.4, -0.2) is 55.0 Å². The normalized spacial score (nSPS) is 15.4. The number of hydrogen-bond acceptors (Lipinski definition) is 5. The van der Waals surface area contributed by atoms with Crippen LogP contribution in [0.3, 0.4) is 0 Å². The lowest BCUT2D eigenvalue weighted by atomic mass is 10.1. The van der Waals surface area contributed by atoms with Crippen LogP contribution in [0, 0.1) is 6.92 Å². The van der Waals surface area contributed by atoms with Crippen LogP contribution in [0.1, 0.15) is 28.4 Å². The molecule has 3 rings (SSSR count). The average molecular weight is 429 g/mol. The summed E-state index contributed by atoms with van der Waals surface area (Å²) in [6.45, 7) is 2.87. The monoisotopic (exact) mass is 429 g/mol. The van der Waals surface area contributed by atoms with Crippen LogP contribution in [0.25, 0.3) is 0 Å². The van der Waals surface area contributed by atoms with Gasteiger partial charge in [-0.2, -0.15) is 0 Å². The molecule has 1 aliphatic rings. The standard InChI is InChI=1S/C21H23N3O5S/c1-14-8-4-5-9-16(14)12-23(15(2)20(26)22-3)19(25)13-24-21(27)17-10-6-7-11-18(17)30(24,28)29/h4-11,15H,12-13H2,1-3H3,(H,22,26)/t15-/m1/s1. The van der Waals surface area contributed by atoms with E-state index in [-0.39, 0.29) is 17.0 Å². The Morgan fingerprint density at radius 3 is 2.37 bits per heavy atom. The van der Waals surface area contributed by atoms with Crippen molar-refractivity contribution in [2.24, 2.45) is 0 Å². The Morgan fingerprint density at radius 2 is 1.73 bits per heavy atom. The average Bonchev–Trinajstić information content (AvgIpc) is 2.93. The summed E-state index contributed by atoms with van der Waals surface area (Å²) in [6, 6.07) is 12.4. The molecule has 0 fully saturated rings. The van der Waals surface area contributed by atoms with Crippen molar-refractivity contribution in [3.05, 3.63) is 65.2 Å². The molecular formula is C21H23N3O5S. The van der Waals surface area contributed by atoms with Gasteiger partial charge in [-0.05, 0) is 37.1 Å². The highest BCUT2D eigenvalue weighted by atomic mass is 32.2. The van der Waals surface area contributed by atoms with Gasteiger partial charge in [0.1, 0.15) is 17.5 Å². The number of likely N-dealkylation sites (N-methyl/N-ethyl adjacent to an activating group) is 1. The van der Waals surface area contributed by atoms with Crippen molar-refractivity contribution in [3.8, 4) is 0 Å². The van der Waals surface area contributed by atoms with E-state index in [1.54, 1.807) is 13.0 Å². The number of carbonyl (C=O) groups is 3. The van der Waals surface area contributed by atoms with E-state index in [4.69, 9.17) is 0 Å². The topological polar surface area (TPSA) is 104 Å². The van der Waals surface area contributed by atoms with E-state index in [0.29, 0.717) is 4.31 Å². The van der Waals surface area contributed by atoms with Crippen molar-refractivity contribution in [3.63, 3.8) is 0 Å². The second kappa shape index (κ2) is 8.27. The van der Waals surface area contributed by atoms with Gasteiger partial charge in [-0.3, -0.25) is 14.4 Å². The zero-order valence-electron chi connectivity index (χ0n) is 17.0. The molecule has 0 saturated carbocycles.